The van der Waals surface area contributed by atoms with Crippen molar-refractivity contribution in [3.05, 3.63) is 34.1 Å². The summed E-state index contributed by atoms with van der Waals surface area (Å²) in [5.41, 5.74) is 0.677. The Kier molecular flexibility index (Phi) is 4.81. The molecule has 0 saturated carbocycles. The molecule has 0 radical (unpaired) electrons. The molecule has 1 unspecified atom stereocenters. The first kappa shape index (κ1) is 14.0. The zero-order chi connectivity index (χ0) is 12.3. The monoisotopic (exact) mass is 306 g/mol. The molecule has 0 aromatic heterocycles. The van der Waals surface area contributed by atoms with E-state index in [1.807, 2.05) is 12.1 Å². The first-order chi connectivity index (χ1) is 7.39. The van der Waals surface area contributed by atoms with Crippen LogP contribution in [0.4, 0.5) is 4.39 Å². The van der Waals surface area contributed by atoms with E-state index in [0.29, 0.717) is 18.2 Å². The van der Waals surface area contributed by atoms with Crippen molar-refractivity contribution in [2.75, 3.05) is 5.88 Å². The molecule has 1 atom stereocenters. The van der Waals surface area contributed by atoms with Gasteiger partial charge in [0.25, 0.3) is 0 Å². The molecule has 0 saturated heterocycles. The summed E-state index contributed by atoms with van der Waals surface area (Å²) in [5.74, 6) is 0.805. The fourth-order valence-electron chi connectivity index (χ4n) is 1.51. The van der Waals surface area contributed by atoms with Crippen LogP contribution in [0.1, 0.15) is 26.3 Å². The number of hydrogen-bond donors (Lipinski definition) is 0. The Hall–Kier alpha value is -0.0800. The first-order valence-electron chi connectivity index (χ1n) is 5.39. The zero-order valence-corrected chi connectivity index (χ0v) is 12.2. The third-order valence-corrected chi connectivity index (χ3v) is 4.41. The van der Waals surface area contributed by atoms with Crippen LogP contribution in [0.3, 0.4) is 0 Å². The van der Waals surface area contributed by atoms with Crippen molar-refractivity contribution >= 4 is 27.5 Å². The van der Waals surface area contributed by atoms with E-state index in [0.717, 1.165) is 10.0 Å². The molecule has 3 heteroatoms. The number of rotatable bonds is 4. The highest BCUT2D eigenvalue weighted by Gasteiger charge is 2.28. The lowest BCUT2D eigenvalue weighted by Crippen LogP contribution is -2.28. The number of alkyl halides is 1. The van der Waals surface area contributed by atoms with Crippen molar-refractivity contribution in [1.82, 2.24) is 0 Å². The molecule has 1 aromatic rings. The molecular weight excluding hydrogens is 290 g/mol. The molecule has 0 N–H and O–H groups in total. The van der Waals surface area contributed by atoms with Crippen LogP contribution >= 0.6 is 27.5 Å². The summed E-state index contributed by atoms with van der Waals surface area (Å²) in [7, 11) is 0. The summed E-state index contributed by atoms with van der Waals surface area (Å²) >= 11 is 9.26. The van der Waals surface area contributed by atoms with Crippen molar-refractivity contribution in [3.8, 4) is 0 Å². The van der Waals surface area contributed by atoms with E-state index in [9.17, 15) is 4.39 Å². The van der Waals surface area contributed by atoms with E-state index in [2.05, 4.69) is 36.7 Å². The molecule has 1 rings (SSSR count). The normalized spacial score (nSPS) is 15.2. The molecule has 0 aliphatic rings. The van der Waals surface area contributed by atoms with E-state index in [1.165, 1.54) is 6.07 Å². The van der Waals surface area contributed by atoms with Crippen LogP contribution < -0.4 is 0 Å². The Bertz CT molecular complexity index is 365. The molecule has 0 bridgehead atoms. The Labute approximate surface area is 110 Å². The lowest BCUT2D eigenvalue weighted by atomic mass is 9.76. The van der Waals surface area contributed by atoms with Gasteiger partial charge >= 0.3 is 0 Å². The molecule has 16 heavy (non-hydrogen) atoms. The molecule has 0 spiro atoms. The topological polar surface area (TPSA) is 0 Å². The number of hydrogen-bond acceptors (Lipinski definition) is 0. The summed E-state index contributed by atoms with van der Waals surface area (Å²) in [6, 6.07) is 5.20. The molecule has 0 amide bonds. The van der Waals surface area contributed by atoms with Crippen LogP contribution in [-0.2, 0) is 6.42 Å². The summed E-state index contributed by atoms with van der Waals surface area (Å²) in [5, 5.41) is 0. The van der Waals surface area contributed by atoms with Gasteiger partial charge in [-0.1, -0.05) is 42.8 Å². The highest BCUT2D eigenvalue weighted by molar-refractivity contribution is 9.10. The van der Waals surface area contributed by atoms with Gasteiger partial charge in [0.1, 0.15) is 5.82 Å². The van der Waals surface area contributed by atoms with Crippen molar-refractivity contribution < 1.29 is 4.39 Å². The fraction of sp³-hybridized carbons (Fsp3) is 0.538. The van der Waals surface area contributed by atoms with Crippen molar-refractivity contribution in [2.24, 2.45) is 11.3 Å². The van der Waals surface area contributed by atoms with Gasteiger partial charge in [0.2, 0.25) is 0 Å². The standard InChI is InChI=1S/C13H17BrClF/c1-9(2)13(3,8-15)7-10-4-5-11(14)6-12(10)16/h4-6,9H,7-8H2,1-3H3. The van der Waals surface area contributed by atoms with Crippen LogP contribution in [0.15, 0.2) is 22.7 Å². The summed E-state index contributed by atoms with van der Waals surface area (Å²) in [4.78, 5) is 0. The minimum atomic E-state index is -0.161. The Balaban J connectivity index is 2.95. The molecule has 1 aromatic carbocycles. The van der Waals surface area contributed by atoms with E-state index in [4.69, 9.17) is 11.6 Å². The second-order valence-corrected chi connectivity index (χ2v) is 6.04. The van der Waals surface area contributed by atoms with Crippen LogP contribution in [0, 0.1) is 17.2 Å². The van der Waals surface area contributed by atoms with Crippen LogP contribution in [0.2, 0.25) is 0 Å². The maximum Gasteiger partial charge on any atom is 0.127 e. The van der Waals surface area contributed by atoms with Gasteiger partial charge in [-0.25, -0.2) is 4.39 Å². The molecule has 0 nitrogen and oxygen atoms in total. The van der Waals surface area contributed by atoms with Gasteiger partial charge < -0.3 is 0 Å². The Morgan fingerprint density at radius 1 is 1.44 bits per heavy atom. The minimum absolute atomic E-state index is 0.0593. The molecule has 0 heterocycles. The van der Waals surface area contributed by atoms with Gasteiger partial charge in [-0.2, -0.15) is 0 Å². The smallest absolute Gasteiger partial charge is 0.127 e. The highest BCUT2D eigenvalue weighted by atomic mass is 79.9. The van der Waals surface area contributed by atoms with E-state index in [1.54, 1.807) is 0 Å². The summed E-state index contributed by atoms with van der Waals surface area (Å²) in [6.07, 6.45) is 0.674. The number of benzene rings is 1. The maximum atomic E-state index is 13.7. The minimum Gasteiger partial charge on any atom is -0.207 e. The van der Waals surface area contributed by atoms with Gasteiger partial charge in [-0.3, -0.25) is 0 Å². The van der Waals surface area contributed by atoms with Crippen LogP contribution in [-0.4, -0.2) is 5.88 Å². The third kappa shape index (κ3) is 3.21. The maximum absolute atomic E-state index is 13.7. The first-order valence-corrected chi connectivity index (χ1v) is 6.71. The predicted octanol–water partition coefficient (Wildman–Crippen LogP) is 5.03. The van der Waals surface area contributed by atoms with Gasteiger partial charge in [0.05, 0.1) is 0 Å². The second-order valence-electron chi connectivity index (χ2n) is 4.85. The largest absolute Gasteiger partial charge is 0.207 e. The molecular formula is C13H17BrClF. The third-order valence-electron chi connectivity index (χ3n) is 3.31. The quantitative estimate of drug-likeness (QED) is 0.684. The summed E-state index contributed by atoms with van der Waals surface area (Å²) < 4.78 is 14.5. The lowest BCUT2D eigenvalue weighted by molar-refractivity contribution is 0.250. The molecule has 0 aliphatic carbocycles. The predicted molar refractivity (Wildman–Crippen MR) is 71.5 cm³/mol. The van der Waals surface area contributed by atoms with Gasteiger partial charge in [0.15, 0.2) is 0 Å². The van der Waals surface area contributed by atoms with E-state index >= 15 is 0 Å². The Morgan fingerprint density at radius 3 is 2.50 bits per heavy atom. The lowest BCUT2D eigenvalue weighted by Gasteiger charge is -2.31. The zero-order valence-electron chi connectivity index (χ0n) is 9.86. The Morgan fingerprint density at radius 2 is 2.06 bits per heavy atom. The van der Waals surface area contributed by atoms with Crippen molar-refractivity contribution in [3.63, 3.8) is 0 Å². The van der Waals surface area contributed by atoms with E-state index in [-0.39, 0.29) is 11.2 Å². The fourth-order valence-corrected chi connectivity index (χ4v) is 2.24. The van der Waals surface area contributed by atoms with E-state index < -0.39 is 0 Å². The number of halogens is 3. The average molecular weight is 308 g/mol. The average Bonchev–Trinajstić information content (AvgIpc) is 2.22. The van der Waals surface area contributed by atoms with Gasteiger partial charge in [-0.15, -0.1) is 11.6 Å². The molecule has 0 aliphatic heterocycles. The van der Waals surface area contributed by atoms with Crippen molar-refractivity contribution in [1.29, 1.82) is 0 Å². The SMILES string of the molecule is CC(C)C(C)(CCl)Cc1ccc(Br)cc1F. The van der Waals surface area contributed by atoms with Gasteiger partial charge in [-0.05, 0) is 35.4 Å². The summed E-state index contributed by atoms with van der Waals surface area (Å²) in [6.45, 7) is 6.35. The van der Waals surface area contributed by atoms with Crippen LogP contribution in [0.5, 0.6) is 0 Å². The second kappa shape index (κ2) is 5.50. The molecule has 0 fully saturated rings. The van der Waals surface area contributed by atoms with Gasteiger partial charge in [0, 0.05) is 10.4 Å². The highest BCUT2D eigenvalue weighted by Crippen LogP contribution is 2.33. The van der Waals surface area contributed by atoms with Crippen LogP contribution in [0.25, 0.3) is 0 Å². The molecule has 90 valence electrons. The van der Waals surface area contributed by atoms with Crippen molar-refractivity contribution in [2.45, 2.75) is 27.2 Å².